The van der Waals surface area contributed by atoms with Gasteiger partial charge in [-0.1, -0.05) is 12.1 Å². The fraction of sp³-hybridized carbons (Fsp3) is 0.385. The topological polar surface area (TPSA) is 52.0 Å². The first-order chi connectivity index (χ1) is 9.92. The van der Waals surface area contributed by atoms with Crippen LogP contribution >= 0.6 is 0 Å². The second kappa shape index (κ2) is 6.57. The zero-order chi connectivity index (χ0) is 15.3. The molecule has 0 bridgehead atoms. The van der Waals surface area contributed by atoms with Crippen LogP contribution in [0.1, 0.15) is 11.4 Å². The van der Waals surface area contributed by atoms with Gasteiger partial charge in [-0.05, 0) is 17.7 Å². The third-order valence-electron chi connectivity index (χ3n) is 2.63. The van der Waals surface area contributed by atoms with E-state index in [1.165, 1.54) is 18.2 Å². The molecule has 0 saturated carbocycles. The molecule has 0 aliphatic carbocycles. The summed E-state index contributed by atoms with van der Waals surface area (Å²) in [5, 5.41) is 7.25. The van der Waals surface area contributed by atoms with Gasteiger partial charge in [0, 0.05) is 26.6 Å². The molecule has 0 fully saturated rings. The zero-order valence-electron chi connectivity index (χ0n) is 11.4. The predicted octanol–water partition coefficient (Wildman–Crippen LogP) is 2.05. The van der Waals surface area contributed by atoms with Gasteiger partial charge < -0.3 is 10.1 Å². The van der Waals surface area contributed by atoms with E-state index in [4.69, 9.17) is 0 Å². The van der Waals surface area contributed by atoms with Crippen molar-refractivity contribution in [3.63, 3.8) is 0 Å². The fourth-order valence-electron chi connectivity index (χ4n) is 1.78. The third kappa shape index (κ3) is 5.42. The van der Waals surface area contributed by atoms with Gasteiger partial charge >= 0.3 is 6.36 Å². The first kappa shape index (κ1) is 15.3. The Morgan fingerprint density at radius 2 is 2.14 bits per heavy atom. The van der Waals surface area contributed by atoms with E-state index >= 15 is 0 Å². The van der Waals surface area contributed by atoms with E-state index in [0.29, 0.717) is 25.1 Å². The summed E-state index contributed by atoms with van der Waals surface area (Å²) in [6, 6.07) is 5.89. The van der Waals surface area contributed by atoms with Gasteiger partial charge in [0.05, 0.1) is 0 Å². The van der Waals surface area contributed by atoms with Gasteiger partial charge in [0.1, 0.15) is 12.1 Å². The van der Waals surface area contributed by atoms with Gasteiger partial charge in [0.15, 0.2) is 5.82 Å². The quantitative estimate of drug-likeness (QED) is 0.830. The average molecular weight is 300 g/mol. The Morgan fingerprint density at radius 3 is 2.81 bits per heavy atom. The standard InChI is InChI=1S/C13H15F3N4O/c1-20-9-18-12(19-20)5-6-17-8-10-3-2-4-11(7-10)21-13(14,15)16/h2-4,7,9,17H,5-6,8H2,1H3. The summed E-state index contributed by atoms with van der Waals surface area (Å²) in [6.45, 7) is 1.08. The number of nitrogens with zero attached hydrogens (tertiary/aromatic N) is 3. The van der Waals surface area contributed by atoms with E-state index in [-0.39, 0.29) is 5.75 Å². The Balaban J connectivity index is 1.79. The lowest BCUT2D eigenvalue weighted by molar-refractivity contribution is -0.274. The molecule has 0 aliphatic heterocycles. The van der Waals surface area contributed by atoms with E-state index < -0.39 is 6.36 Å². The van der Waals surface area contributed by atoms with E-state index in [2.05, 4.69) is 20.1 Å². The van der Waals surface area contributed by atoms with E-state index in [0.717, 1.165) is 5.82 Å². The first-order valence-corrected chi connectivity index (χ1v) is 6.32. The number of aryl methyl sites for hydroxylation is 1. The molecule has 2 rings (SSSR count). The van der Waals surface area contributed by atoms with Crippen LogP contribution in [0.5, 0.6) is 5.75 Å². The number of alkyl halides is 3. The minimum atomic E-state index is -4.67. The number of halogens is 3. The summed E-state index contributed by atoms with van der Waals surface area (Å²) in [7, 11) is 1.79. The Bertz CT molecular complexity index is 583. The number of aromatic nitrogens is 3. The molecule has 1 heterocycles. The maximum absolute atomic E-state index is 12.1. The summed E-state index contributed by atoms with van der Waals surface area (Å²) in [5.41, 5.74) is 0.714. The van der Waals surface area contributed by atoms with Gasteiger partial charge in [0.2, 0.25) is 0 Å². The lowest BCUT2D eigenvalue weighted by Gasteiger charge is -2.10. The molecule has 0 saturated heterocycles. The van der Waals surface area contributed by atoms with Crippen LogP contribution in [0.25, 0.3) is 0 Å². The smallest absolute Gasteiger partial charge is 0.406 e. The molecule has 0 atom stereocenters. The molecule has 1 N–H and O–H groups in total. The molecule has 2 aromatic rings. The maximum Gasteiger partial charge on any atom is 0.573 e. The lowest BCUT2D eigenvalue weighted by Crippen LogP contribution is -2.19. The van der Waals surface area contributed by atoms with Crippen molar-refractivity contribution in [3.05, 3.63) is 42.0 Å². The van der Waals surface area contributed by atoms with Crippen molar-refractivity contribution >= 4 is 0 Å². The largest absolute Gasteiger partial charge is 0.573 e. The highest BCUT2D eigenvalue weighted by molar-refractivity contribution is 5.28. The van der Waals surface area contributed by atoms with E-state index in [9.17, 15) is 13.2 Å². The highest BCUT2D eigenvalue weighted by Gasteiger charge is 2.31. The van der Waals surface area contributed by atoms with Crippen LogP contribution in [0.3, 0.4) is 0 Å². The molecule has 0 amide bonds. The Hall–Kier alpha value is -2.09. The molecule has 1 aromatic heterocycles. The minimum absolute atomic E-state index is 0.215. The number of hydrogen-bond donors (Lipinski definition) is 1. The number of rotatable bonds is 6. The van der Waals surface area contributed by atoms with Crippen LogP contribution in [0.4, 0.5) is 13.2 Å². The van der Waals surface area contributed by atoms with Crippen LogP contribution in [0.2, 0.25) is 0 Å². The molecule has 0 radical (unpaired) electrons. The summed E-state index contributed by atoms with van der Waals surface area (Å²) < 4.78 is 41.8. The zero-order valence-corrected chi connectivity index (χ0v) is 11.4. The fourth-order valence-corrected chi connectivity index (χ4v) is 1.78. The minimum Gasteiger partial charge on any atom is -0.406 e. The highest BCUT2D eigenvalue weighted by atomic mass is 19.4. The monoisotopic (exact) mass is 300 g/mol. The normalized spacial score (nSPS) is 11.6. The van der Waals surface area contributed by atoms with E-state index in [1.54, 1.807) is 24.1 Å². The molecule has 0 aliphatic rings. The number of nitrogens with one attached hydrogen (secondary N) is 1. The van der Waals surface area contributed by atoms with Crippen molar-refractivity contribution < 1.29 is 17.9 Å². The molecule has 114 valence electrons. The van der Waals surface area contributed by atoms with Crippen LogP contribution in [0.15, 0.2) is 30.6 Å². The van der Waals surface area contributed by atoms with Gasteiger partial charge in [-0.15, -0.1) is 13.2 Å². The van der Waals surface area contributed by atoms with Crippen molar-refractivity contribution in [1.82, 2.24) is 20.1 Å². The van der Waals surface area contributed by atoms with Crippen LogP contribution in [-0.4, -0.2) is 27.7 Å². The SMILES string of the molecule is Cn1cnc(CCNCc2cccc(OC(F)(F)F)c2)n1. The highest BCUT2D eigenvalue weighted by Crippen LogP contribution is 2.23. The average Bonchev–Trinajstić information content (AvgIpc) is 2.79. The Kier molecular flexibility index (Phi) is 4.79. The van der Waals surface area contributed by atoms with Gasteiger partial charge in [-0.25, -0.2) is 4.98 Å². The third-order valence-corrected chi connectivity index (χ3v) is 2.63. The first-order valence-electron chi connectivity index (χ1n) is 6.32. The van der Waals surface area contributed by atoms with Crippen molar-refractivity contribution in [2.75, 3.05) is 6.54 Å². The second-order valence-corrected chi connectivity index (χ2v) is 4.46. The van der Waals surface area contributed by atoms with Gasteiger partial charge in [-0.3, -0.25) is 4.68 Å². The summed E-state index contributed by atoms with van der Waals surface area (Å²) in [5.74, 6) is 0.507. The van der Waals surface area contributed by atoms with Crippen LogP contribution < -0.4 is 10.1 Å². The van der Waals surface area contributed by atoms with E-state index in [1.807, 2.05) is 0 Å². The summed E-state index contributed by atoms with van der Waals surface area (Å²) in [6.07, 6.45) is -2.40. The van der Waals surface area contributed by atoms with Crippen molar-refractivity contribution in [3.8, 4) is 5.75 Å². The van der Waals surface area contributed by atoms with Crippen molar-refractivity contribution in [1.29, 1.82) is 0 Å². The summed E-state index contributed by atoms with van der Waals surface area (Å²) >= 11 is 0. The van der Waals surface area contributed by atoms with Crippen LogP contribution in [0, 0.1) is 0 Å². The van der Waals surface area contributed by atoms with Crippen molar-refractivity contribution in [2.45, 2.75) is 19.3 Å². The van der Waals surface area contributed by atoms with Crippen molar-refractivity contribution in [2.24, 2.45) is 7.05 Å². The molecule has 0 spiro atoms. The molecule has 1 aromatic carbocycles. The number of benzene rings is 1. The van der Waals surface area contributed by atoms with Gasteiger partial charge in [-0.2, -0.15) is 5.10 Å². The molecular weight excluding hydrogens is 285 g/mol. The maximum atomic E-state index is 12.1. The summed E-state index contributed by atoms with van der Waals surface area (Å²) in [4.78, 5) is 4.08. The second-order valence-electron chi connectivity index (χ2n) is 4.46. The molecule has 0 unspecified atom stereocenters. The van der Waals surface area contributed by atoms with Gasteiger partial charge in [0.25, 0.3) is 0 Å². The molecular formula is C13H15F3N4O. The Labute approximate surface area is 119 Å². The number of ether oxygens (including phenoxy) is 1. The Morgan fingerprint density at radius 1 is 1.33 bits per heavy atom. The lowest BCUT2D eigenvalue weighted by atomic mass is 10.2. The molecule has 5 nitrogen and oxygen atoms in total. The van der Waals surface area contributed by atoms with Crippen LogP contribution in [-0.2, 0) is 20.0 Å². The molecule has 8 heteroatoms. The molecule has 21 heavy (non-hydrogen) atoms. The number of hydrogen-bond acceptors (Lipinski definition) is 4. The predicted molar refractivity (Wildman–Crippen MR) is 69.5 cm³/mol.